The number of hydrogen-bond acceptors (Lipinski definition) is 3. The van der Waals surface area contributed by atoms with Crippen LogP contribution in [0.1, 0.15) is 46.1 Å². The molecule has 4 fully saturated rings. The Morgan fingerprint density at radius 1 is 1.21 bits per heavy atom. The lowest BCUT2D eigenvalue weighted by atomic mass is 9.57. The number of nitrogens with one attached hydrogen (secondary N) is 2. The molecular weight excluding hydrogens is 362 g/mol. The fourth-order valence-electron chi connectivity index (χ4n) is 6.02. The van der Waals surface area contributed by atoms with Crippen LogP contribution in [0.15, 0.2) is 30.3 Å². The van der Waals surface area contributed by atoms with E-state index in [1.807, 2.05) is 6.07 Å². The van der Waals surface area contributed by atoms with Gasteiger partial charge in [-0.3, -0.25) is 14.5 Å². The lowest BCUT2D eigenvalue weighted by Gasteiger charge is -2.55. The normalized spacial score (nSPS) is 33.4. The standard InChI is InChI=1S/C24H35N3O2/c1-15(2)10-19-21-20-18(14-27(21)13-17-8-6-5-7-9-17)11-24(19,26-22(20)28)23(29)25-12-16(3)4/h5-9,15-16,18-21H,10-14H2,1-4H3,(H,25,29)(H,26,28)/t18-,19-,20-,21-,24+/m1/s1. The minimum atomic E-state index is -0.758. The van der Waals surface area contributed by atoms with Crippen molar-refractivity contribution in [2.24, 2.45) is 29.6 Å². The maximum atomic E-state index is 13.5. The van der Waals surface area contributed by atoms with E-state index in [9.17, 15) is 9.59 Å². The smallest absolute Gasteiger partial charge is 0.246 e. The molecule has 5 rings (SSSR count). The highest BCUT2D eigenvalue weighted by Crippen LogP contribution is 2.54. The summed E-state index contributed by atoms with van der Waals surface area (Å²) >= 11 is 0. The van der Waals surface area contributed by atoms with Crippen molar-refractivity contribution < 1.29 is 9.59 Å². The number of carbonyl (C=O) groups excluding carboxylic acids is 2. The third kappa shape index (κ3) is 3.58. The van der Waals surface area contributed by atoms with Gasteiger partial charge in [0.1, 0.15) is 5.54 Å². The number of piperidine rings is 2. The largest absolute Gasteiger partial charge is 0.354 e. The first-order valence-corrected chi connectivity index (χ1v) is 11.2. The van der Waals surface area contributed by atoms with Crippen LogP contribution in [0.2, 0.25) is 0 Å². The van der Waals surface area contributed by atoms with Crippen molar-refractivity contribution in [1.29, 1.82) is 0 Å². The number of amides is 2. The third-order valence-corrected chi connectivity index (χ3v) is 7.07. The van der Waals surface area contributed by atoms with E-state index in [1.54, 1.807) is 0 Å². The van der Waals surface area contributed by atoms with Crippen LogP contribution in [0.4, 0.5) is 0 Å². The van der Waals surface area contributed by atoms with E-state index in [1.165, 1.54) is 5.56 Å². The van der Waals surface area contributed by atoms with E-state index in [4.69, 9.17) is 0 Å². The fourth-order valence-corrected chi connectivity index (χ4v) is 6.02. The van der Waals surface area contributed by atoms with Gasteiger partial charge in [0.2, 0.25) is 11.8 Å². The van der Waals surface area contributed by atoms with Crippen LogP contribution in [0.25, 0.3) is 0 Å². The van der Waals surface area contributed by atoms with Gasteiger partial charge in [0.15, 0.2) is 0 Å². The molecule has 4 bridgehead atoms. The van der Waals surface area contributed by atoms with Gasteiger partial charge in [0.25, 0.3) is 0 Å². The predicted molar refractivity (Wildman–Crippen MR) is 114 cm³/mol. The van der Waals surface area contributed by atoms with Crippen LogP contribution in [0.5, 0.6) is 0 Å². The summed E-state index contributed by atoms with van der Waals surface area (Å²) in [4.78, 5) is 29.0. The van der Waals surface area contributed by atoms with Gasteiger partial charge in [0.05, 0.1) is 5.92 Å². The summed E-state index contributed by atoms with van der Waals surface area (Å²) in [5.74, 6) is 1.42. The molecule has 0 unspecified atom stereocenters. The summed E-state index contributed by atoms with van der Waals surface area (Å²) in [6.45, 7) is 11.1. The Kier molecular flexibility index (Phi) is 5.45. The summed E-state index contributed by atoms with van der Waals surface area (Å²) in [5.41, 5.74) is 0.518. The Balaban J connectivity index is 1.66. The predicted octanol–water partition coefficient (Wildman–Crippen LogP) is 2.81. The molecule has 0 aromatic heterocycles. The molecule has 0 radical (unpaired) electrons. The number of nitrogens with zero attached hydrogens (tertiary/aromatic N) is 1. The van der Waals surface area contributed by atoms with Crippen LogP contribution in [-0.2, 0) is 16.1 Å². The third-order valence-electron chi connectivity index (χ3n) is 7.07. The number of rotatable bonds is 7. The number of likely N-dealkylation sites (tertiary alicyclic amines) is 1. The van der Waals surface area contributed by atoms with E-state index >= 15 is 0 Å². The maximum absolute atomic E-state index is 13.5. The van der Waals surface area contributed by atoms with Crippen molar-refractivity contribution in [2.45, 2.75) is 58.7 Å². The van der Waals surface area contributed by atoms with Gasteiger partial charge in [-0.1, -0.05) is 58.0 Å². The summed E-state index contributed by atoms with van der Waals surface area (Å²) in [5, 5.41) is 6.37. The van der Waals surface area contributed by atoms with Gasteiger partial charge < -0.3 is 10.6 Å². The number of carbonyl (C=O) groups is 2. The molecule has 1 saturated carbocycles. The van der Waals surface area contributed by atoms with Crippen LogP contribution >= 0.6 is 0 Å². The van der Waals surface area contributed by atoms with Gasteiger partial charge in [0, 0.05) is 31.6 Å². The first-order chi connectivity index (χ1) is 13.8. The highest BCUT2D eigenvalue weighted by atomic mass is 16.2. The Hall–Kier alpha value is -1.88. The van der Waals surface area contributed by atoms with Crippen molar-refractivity contribution >= 4 is 11.8 Å². The van der Waals surface area contributed by atoms with Crippen LogP contribution in [0.3, 0.4) is 0 Å². The highest BCUT2D eigenvalue weighted by Gasteiger charge is 2.67. The molecule has 1 aromatic rings. The van der Waals surface area contributed by atoms with Crippen LogP contribution < -0.4 is 10.6 Å². The molecule has 4 aliphatic rings. The highest BCUT2D eigenvalue weighted by molar-refractivity contribution is 5.96. The average Bonchev–Trinajstić information content (AvgIpc) is 2.97. The Bertz CT molecular complexity index is 763. The molecule has 2 amide bonds. The summed E-state index contributed by atoms with van der Waals surface area (Å²) in [7, 11) is 0. The van der Waals surface area contributed by atoms with Crippen LogP contribution in [0, 0.1) is 29.6 Å². The molecule has 3 aliphatic heterocycles. The quantitative estimate of drug-likeness (QED) is 0.744. The van der Waals surface area contributed by atoms with E-state index < -0.39 is 5.54 Å². The molecule has 5 heteroatoms. The molecule has 0 spiro atoms. The average molecular weight is 398 g/mol. The van der Waals surface area contributed by atoms with E-state index in [-0.39, 0.29) is 35.6 Å². The van der Waals surface area contributed by atoms with Crippen LogP contribution in [-0.4, -0.2) is 41.4 Å². The van der Waals surface area contributed by atoms with E-state index in [0.29, 0.717) is 18.4 Å². The van der Waals surface area contributed by atoms with Gasteiger partial charge >= 0.3 is 0 Å². The second-order valence-electron chi connectivity index (χ2n) is 10.2. The minimum absolute atomic E-state index is 0.0160. The number of benzene rings is 1. The molecule has 5 atom stereocenters. The Labute approximate surface area is 174 Å². The Morgan fingerprint density at radius 3 is 2.59 bits per heavy atom. The number of fused-ring (bicyclic) bond motifs is 1. The molecular formula is C24H35N3O2. The monoisotopic (exact) mass is 397 g/mol. The van der Waals surface area contributed by atoms with E-state index in [2.05, 4.69) is 67.5 Å². The SMILES string of the molecule is CC(C)CNC(=O)[C@@]12C[C@@H]3CN(Cc4ccccc4)[C@@H]([C@@H]3C(=O)N1)[C@H]2CC(C)C. The molecule has 5 nitrogen and oxygen atoms in total. The van der Waals surface area contributed by atoms with Crippen molar-refractivity contribution in [3.8, 4) is 0 Å². The molecule has 2 N–H and O–H groups in total. The Morgan fingerprint density at radius 2 is 1.93 bits per heavy atom. The van der Waals surface area contributed by atoms with Crippen molar-refractivity contribution in [2.75, 3.05) is 13.1 Å². The topological polar surface area (TPSA) is 61.4 Å². The second kappa shape index (κ2) is 7.75. The zero-order valence-electron chi connectivity index (χ0n) is 18.2. The molecule has 3 heterocycles. The van der Waals surface area contributed by atoms with Crippen molar-refractivity contribution in [1.82, 2.24) is 15.5 Å². The van der Waals surface area contributed by atoms with Gasteiger partial charge in [-0.15, -0.1) is 0 Å². The maximum Gasteiger partial charge on any atom is 0.246 e. The van der Waals surface area contributed by atoms with Gasteiger partial charge in [-0.2, -0.15) is 0 Å². The number of hydrogen-bond donors (Lipinski definition) is 2. The summed E-state index contributed by atoms with van der Waals surface area (Å²) in [6.07, 6.45) is 1.72. The minimum Gasteiger partial charge on any atom is -0.354 e. The van der Waals surface area contributed by atoms with Gasteiger partial charge in [-0.05, 0) is 36.2 Å². The van der Waals surface area contributed by atoms with Crippen molar-refractivity contribution in [3.63, 3.8) is 0 Å². The second-order valence-corrected chi connectivity index (χ2v) is 10.2. The molecule has 1 aliphatic carbocycles. The van der Waals surface area contributed by atoms with Gasteiger partial charge in [-0.25, -0.2) is 0 Å². The zero-order valence-corrected chi connectivity index (χ0v) is 18.2. The molecule has 3 saturated heterocycles. The van der Waals surface area contributed by atoms with E-state index in [0.717, 1.165) is 25.9 Å². The summed E-state index contributed by atoms with van der Waals surface area (Å²) < 4.78 is 0. The first kappa shape index (κ1) is 20.4. The fraction of sp³-hybridized carbons (Fsp3) is 0.667. The lowest BCUT2D eigenvalue weighted by Crippen LogP contribution is -2.76. The van der Waals surface area contributed by atoms with Crippen molar-refractivity contribution in [3.05, 3.63) is 35.9 Å². The molecule has 158 valence electrons. The lowest BCUT2D eigenvalue weighted by molar-refractivity contribution is -0.155. The molecule has 29 heavy (non-hydrogen) atoms. The summed E-state index contributed by atoms with van der Waals surface area (Å²) in [6, 6.07) is 10.6. The molecule has 1 aromatic carbocycles. The zero-order chi connectivity index (χ0) is 20.8. The first-order valence-electron chi connectivity index (χ1n) is 11.2.